The Morgan fingerprint density at radius 3 is 2.56 bits per heavy atom. The summed E-state index contributed by atoms with van der Waals surface area (Å²) < 4.78 is 41.5. The van der Waals surface area contributed by atoms with Crippen LogP contribution in [0.15, 0.2) is 24.4 Å². The molecule has 0 aliphatic rings. The first kappa shape index (κ1) is 14.2. The fourth-order valence-electron chi connectivity index (χ4n) is 1.24. The van der Waals surface area contributed by atoms with Crippen molar-refractivity contribution in [1.82, 2.24) is 4.98 Å². The van der Waals surface area contributed by atoms with Crippen molar-refractivity contribution in [3.63, 3.8) is 0 Å². The standard InChI is InChI=1S/C12H12F3NO2/c1-3-18-11(17)6-8(2)9-4-5-10(16-7-9)12(13,14)15/h4-7H,3H2,1-2H3/b8-6+. The maximum atomic E-state index is 12.3. The Kier molecular flexibility index (Phi) is 4.47. The third kappa shape index (κ3) is 3.87. The molecule has 1 heterocycles. The van der Waals surface area contributed by atoms with Crippen LogP contribution in [0.1, 0.15) is 25.1 Å². The van der Waals surface area contributed by atoms with Crippen molar-refractivity contribution in [2.45, 2.75) is 20.0 Å². The number of carbonyl (C=O) groups is 1. The van der Waals surface area contributed by atoms with E-state index in [9.17, 15) is 18.0 Å². The molecule has 0 fully saturated rings. The van der Waals surface area contributed by atoms with Gasteiger partial charge in [0.1, 0.15) is 5.69 Å². The number of aromatic nitrogens is 1. The summed E-state index contributed by atoms with van der Waals surface area (Å²) in [6.07, 6.45) is -2.17. The largest absolute Gasteiger partial charge is 0.463 e. The summed E-state index contributed by atoms with van der Waals surface area (Å²) in [5.74, 6) is -0.533. The lowest BCUT2D eigenvalue weighted by Gasteiger charge is -2.06. The number of pyridine rings is 1. The second-order valence-electron chi connectivity index (χ2n) is 3.51. The van der Waals surface area contributed by atoms with E-state index in [0.717, 1.165) is 12.3 Å². The second-order valence-corrected chi connectivity index (χ2v) is 3.51. The van der Waals surface area contributed by atoms with E-state index in [1.165, 1.54) is 12.1 Å². The van der Waals surface area contributed by atoms with E-state index in [4.69, 9.17) is 4.74 Å². The highest BCUT2D eigenvalue weighted by Gasteiger charge is 2.32. The molecule has 1 aromatic heterocycles. The monoisotopic (exact) mass is 259 g/mol. The zero-order valence-corrected chi connectivity index (χ0v) is 9.91. The third-order valence-corrected chi connectivity index (χ3v) is 2.13. The molecule has 0 saturated carbocycles. The fraction of sp³-hybridized carbons (Fsp3) is 0.333. The minimum absolute atomic E-state index is 0.244. The number of carbonyl (C=O) groups excluding carboxylic acids is 1. The molecule has 1 rings (SSSR count). The van der Waals surface area contributed by atoms with Crippen LogP contribution in [0.2, 0.25) is 0 Å². The molecule has 98 valence electrons. The van der Waals surface area contributed by atoms with Crippen LogP contribution < -0.4 is 0 Å². The molecule has 0 spiro atoms. The van der Waals surface area contributed by atoms with E-state index in [1.54, 1.807) is 13.8 Å². The topological polar surface area (TPSA) is 39.2 Å². The molecular weight excluding hydrogens is 247 g/mol. The van der Waals surface area contributed by atoms with Crippen LogP contribution in [0.5, 0.6) is 0 Å². The van der Waals surface area contributed by atoms with Crippen molar-refractivity contribution >= 4 is 11.5 Å². The molecule has 0 bridgehead atoms. The highest BCUT2D eigenvalue weighted by Crippen LogP contribution is 2.27. The number of hydrogen-bond donors (Lipinski definition) is 0. The lowest BCUT2D eigenvalue weighted by molar-refractivity contribution is -0.141. The molecular formula is C12H12F3NO2. The zero-order valence-electron chi connectivity index (χ0n) is 9.91. The van der Waals surface area contributed by atoms with Crippen LogP contribution in [0.3, 0.4) is 0 Å². The third-order valence-electron chi connectivity index (χ3n) is 2.13. The maximum Gasteiger partial charge on any atom is 0.433 e. The lowest BCUT2D eigenvalue weighted by Crippen LogP contribution is -2.07. The van der Waals surface area contributed by atoms with Gasteiger partial charge in [-0.1, -0.05) is 6.07 Å². The molecule has 6 heteroatoms. The number of allylic oxidation sites excluding steroid dienone is 1. The number of nitrogens with zero attached hydrogens (tertiary/aromatic N) is 1. The Morgan fingerprint density at radius 2 is 2.11 bits per heavy atom. The Bertz CT molecular complexity index is 449. The highest BCUT2D eigenvalue weighted by molar-refractivity contribution is 5.90. The van der Waals surface area contributed by atoms with E-state index in [1.807, 2.05) is 0 Å². The van der Waals surface area contributed by atoms with Gasteiger partial charge in [0, 0.05) is 12.3 Å². The lowest BCUT2D eigenvalue weighted by atomic mass is 10.1. The zero-order chi connectivity index (χ0) is 13.8. The van der Waals surface area contributed by atoms with Crippen LogP contribution in [-0.4, -0.2) is 17.6 Å². The van der Waals surface area contributed by atoms with Gasteiger partial charge in [0.25, 0.3) is 0 Å². The van der Waals surface area contributed by atoms with Crippen LogP contribution in [0.4, 0.5) is 13.2 Å². The first-order chi connectivity index (χ1) is 8.34. The number of alkyl halides is 3. The summed E-state index contributed by atoms with van der Waals surface area (Å²) in [6, 6.07) is 2.14. The van der Waals surface area contributed by atoms with Gasteiger partial charge in [-0.3, -0.25) is 4.98 Å². The quantitative estimate of drug-likeness (QED) is 0.618. The number of rotatable bonds is 3. The van der Waals surface area contributed by atoms with Crippen molar-refractivity contribution in [1.29, 1.82) is 0 Å². The van der Waals surface area contributed by atoms with Crippen LogP contribution in [-0.2, 0) is 15.7 Å². The second kappa shape index (κ2) is 5.66. The van der Waals surface area contributed by atoms with E-state index >= 15 is 0 Å². The molecule has 18 heavy (non-hydrogen) atoms. The van der Waals surface area contributed by atoms with Gasteiger partial charge in [0.2, 0.25) is 0 Å². The normalized spacial score (nSPS) is 12.4. The van der Waals surface area contributed by atoms with Gasteiger partial charge in [0.15, 0.2) is 0 Å². The van der Waals surface area contributed by atoms with Gasteiger partial charge >= 0.3 is 12.1 Å². The van der Waals surface area contributed by atoms with Gasteiger partial charge < -0.3 is 4.74 Å². The smallest absolute Gasteiger partial charge is 0.433 e. The predicted molar refractivity (Wildman–Crippen MR) is 59.5 cm³/mol. The molecule has 1 aromatic rings. The van der Waals surface area contributed by atoms with Gasteiger partial charge in [-0.2, -0.15) is 13.2 Å². The minimum Gasteiger partial charge on any atom is -0.463 e. The average Bonchev–Trinajstić information content (AvgIpc) is 2.28. The van der Waals surface area contributed by atoms with Gasteiger partial charge in [-0.05, 0) is 31.1 Å². The molecule has 0 radical (unpaired) electrons. The first-order valence-electron chi connectivity index (χ1n) is 5.23. The summed E-state index contributed by atoms with van der Waals surface area (Å²) in [5.41, 5.74) is -0.0269. The number of halogens is 3. The molecule has 0 aliphatic carbocycles. The van der Waals surface area contributed by atoms with Crippen molar-refractivity contribution in [3.05, 3.63) is 35.7 Å². The maximum absolute atomic E-state index is 12.3. The minimum atomic E-state index is -4.46. The number of hydrogen-bond acceptors (Lipinski definition) is 3. The Hall–Kier alpha value is -1.85. The molecule has 0 saturated heterocycles. The Labute approximate surface area is 102 Å². The molecule has 0 unspecified atom stereocenters. The van der Waals surface area contributed by atoms with Crippen molar-refractivity contribution in [2.75, 3.05) is 6.61 Å². The van der Waals surface area contributed by atoms with Crippen molar-refractivity contribution < 1.29 is 22.7 Å². The van der Waals surface area contributed by atoms with Gasteiger partial charge in [-0.25, -0.2) is 4.79 Å². The SMILES string of the molecule is CCOC(=O)/C=C(\C)c1ccc(C(F)(F)F)nc1. The van der Waals surface area contributed by atoms with Crippen molar-refractivity contribution in [3.8, 4) is 0 Å². The van der Waals surface area contributed by atoms with Gasteiger partial charge in [0.05, 0.1) is 6.61 Å². The summed E-state index contributed by atoms with van der Waals surface area (Å²) in [4.78, 5) is 14.5. The molecule has 0 N–H and O–H groups in total. The van der Waals surface area contributed by atoms with Crippen molar-refractivity contribution in [2.24, 2.45) is 0 Å². The van der Waals surface area contributed by atoms with Crippen LogP contribution in [0.25, 0.3) is 5.57 Å². The number of ether oxygens (including phenoxy) is 1. The highest BCUT2D eigenvalue weighted by atomic mass is 19.4. The average molecular weight is 259 g/mol. The summed E-state index contributed by atoms with van der Waals surface area (Å²) in [6.45, 7) is 3.51. The summed E-state index contributed by atoms with van der Waals surface area (Å²) in [5, 5.41) is 0. The Morgan fingerprint density at radius 1 is 1.44 bits per heavy atom. The molecule has 3 nitrogen and oxygen atoms in total. The Balaban J connectivity index is 2.89. The van der Waals surface area contributed by atoms with E-state index in [2.05, 4.69) is 4.98 Å². The molecule has 0 atom stereocenters. The van der Waals surface area contributed by atoms with E-state index in [-0.39, 0.29) is 6.61 Å². The predicted octanol–water partition coefficient (Wildman–Crippen LogP) is 3.07. The molecule has 0 aliphatic heterocycles. The molecule has 0 aromatic carbocycles. The fourth-order valence-corrected chi connectivity index (χ4v) is 1.24. The summed E-state index contributed by atoms with van der Waals surface area (Å²) >= 11 is 0. The van der Waals surface area contributed by atoms with Crippen LogP contribution in [0, 0.1) is 0 Å². The van der Waals surface area contributed by atoms with Crippen LogP contribution >= 0.6 is 0 Å². The molecule has 0 amide bonds. The summed E-state index contributed by atoms with van der Waals surface area (Å²) in [7, 11) is 0. The van der Waals surface area contributed by atoms with E-state index in [0.29, 0.717) is 11.1 Å². The van der Waals surface area contributed by atoms with E-state index < -0.39 is 17.8 Å². The van der Waals surface area contributed by atoms with Gasteiger partial charge in [-0.15, -0.1) is 0 Å². The first-order valence-corrected chi connectivity index (χ1v) is 5.23. The number of esters is 1.